The van der Waals surface area contributed by atoms with Crippen LogP contribution in [0.25, 0.3) is 0 Å². The number of rotatable bonds is 5. The Hall–Kier alpha value is -1.71. The van der Waals surface area contributed by atoms with Crippen LogP contribution in [-0.4, -0.2) is 18.7 Å². The fourth-order valence-corrected chi connectivity index (χ4v) is 1.16. The summed E-state index contributed by atoms with van der Waals surface area (Å²) in [7, 11) is 0. The minimum absolute atomic E-state index is 0.322. The van der Waals surface area contributed by atoms with E-state index >= 15 is 0 Å². The Morgan fingerprint density at radius 3 is 2.35 bits per heavy atom. The molecule has 0 aliphatic heterocycles. The summed E-state index contributed by atoms with van der Waals surface area (Å²) < 4.78 is 10.5. The lowest BCUT2D eigenvalue weighted by Gasteiger charge is -2.14. The summed E-state index contributed by atoms with van der Waals surface area (Å²) >= 11 is 0. The second-order valence-corrected chi connectivity index (χ2v) is 4.35. The van der Waals surface area contributed by atoms with Gasteiger partial charge in [0, 0.05) is 5.69 Å². The highest BCUT2D eigenvalue weighted by Crippen LogP contribution is 2.15. The number of hydrogen-bond acceptors (Lipinski definition) is 4. The summed E-state index contributed by atoms with van der Waals surface area (Å²) in [6, 6.07) is 6.89. The Labute approximate surface area is 102 Å². The monoisotopic (exact) mass is 237 g/mol. The van der Waals surface area contributed by atoms with Gasteiger partial charge in [0.05, 0.1) is 6.61 Å². The van der Waals surface area contributed by atoms with Crippen LogP contribution in [-0.2, 0) is 9.53 Å². The van der Waals surface area contributed by atoms with E-state index in [2.05, 4.69) is 0 Å². The molecule has 0 fully saturated rings. The molecule has 2 N–H and O–H groups in total. The second-order valence-electron chi connectivity index (χ2n) is 4.35. The Morgan fingerprint density at radius 1 is 1.24 bits per heavy atom. The SMILES string of the molecule is CC(C)COC(=O)C(C)Oc1ccc(N)cc1. The molecule has 0 aliphatic rings. The van der Waals surface area contributed by atoms with Crippen LogP contribution in [0.4, 0.5) is 5.69 Å². The zero-order valence-corrected chi connectivity index (χ0v) is 10.5. The van der Waals surface area contributed by atoms with Crippen molar-refractivity contribution in [2.45, 2.75) is 26.9 Å². The summed E-state index contributed by atoms with van der Waals surface area (Å²) in [4.78, 5) is 11.5. The van der Waals surface area contributed by atoms with Gasteiger partial charge in [-0.15, -0.1) is 0 Å². The van der Waals surface area contributed by atoms with Crippen LogP contribution in [0.3, 0.4) is 0 Å². The number of ether oxygens (including phenoxy) is 2. The molecule has 1 aromatic carbocycles. The zero-order valence-electron chi connectivity index (χ0n) is 10.5. The molecular weight excluding hydrogens is 218 g/mol. The molecule has 0 bridgehead atoms. The van der Waals surface area contributed by atoms with Gasteiger partial charge in [0.2, 0.25) is 0 Å². The van der Waals surface area contributed by atoms with Gasteiger partial charge in [-0.25, -0.2) is 4.79 Å². The second kappa shape index (κ2) is 6.13. The molecule has 1 aromatic rings. The normalized spacial score (nSPS) is 12.2. The fourth-order valence-electron chi connectivity index (χ4n) is 1.16. The number of esters is 1. The van der Waals surface area contributed by atoms with E-state index in [1.807, 2.05) is 13.8 Å². The average Bonchev–Trinajstić information content (AvgIpc) is 2.28. The van der Waals surface area contributed by atoms with E-state index in [0.717, 1.165) is 0 Å². The third-order valence-electron chi connectivity index (χ3n) is 2.08. The van der Waals surface area contributed by atoms with E-state index in [1.165, 1.54) is 0 Å². The van der Waals surface area contributed by atoms with Gasteiger partial charge in [-0.1, -0.05) is 13.8 Å². The molecule has 1 atom stereocenters. The van der Waals surface area contributed by atoms with Gasteiger partial charge in [0.15, 0.2) is 6.10 Å². The van der Waals surface area contributed by atoms with Crippen LogP contribution in [0, 0.1) is 5.92 Å². The molecule has 0 amide bonds. The first-order valence-electron chi connectivity index (χ1n) is 5.68. The maximum Gasteiger partial charge on any atom is 0.347 e. The lowest BCUT2D eigenvalue weighted by molar-refractivity contribution is -0.152. The number of anilines is 1. The molecule has 0 heterocycles. The molecule has 0 aromatic heterocycles. The van der Waals surface area contributed by atoms with E-state index in [9.17, 15) is 4.79 Å². The Balaban J connectivity index is 2.45. The van der Waals surface area contributed by atoms with E-state index in [4.69, 9.17) is 15.2 Å². The molecule has 4 heteroatoms. The van der Waals surface area contributed by atoms with Crippen molar-refractivity contribution in [3.05, 3.63) is 24.3 Å². The highest BCUT2D eigenvalue weighted by molar-refractivity contribution is 5.74. The van der Waals surface area contributed by atoms with Gasteiger partial charge >= 0.3 is 5.97 Å². The summed E-state index contributed by atoms with van der Waals surface area (Å²) in [5.74, 6) is 0.575. The Morgan fingerprint density at radius 2 is 1.82 bits per heavy atom. The maximum absolute atomic E-state index is 11.5. The van der Waals surface area contributed by atoms with Crippen molar-refractivity contribution in [3.63, 3.8) is 0 Å². The van der Waals surface area contributed by atoms with E-state index in [1.54, 1.807) is 31.2 Å². The third kappa shape index (κ3) is 4.76. The fraction of sp³-hybridized carbons (Fsp3) is 0.462. The van der Waals surface area contributed by atoms with Gasteiger partial charge in [0.1, 0.15) is 5.75 Å². The van der Waals surface area contributed by atoms with Gasteiger partial charge in [-0.2, -0.15) is 0 Å². The molecular formula is C13H19NO3. The summed E-state index contributed by atoms with van der Waals surface area (Å²) in [6.07, 6.45) is -0.614. The number of nitrogen functional groups attached to an aromatic ring is 1. The molecule has 0 saturated carbocycles. The predicted molar refractivity (Wildman–Crippen MR) is 66.7 cm³/mol. The minimum atomic E-state index is -0.614. The number of hydrogen-bond donors (Lipinski definition) is 1. The van der Waals surface area contributed by atoms with Crippen LogP contribution in [0.15, 0.2) is 24.3 Å². The summed E-state index contributed by atoms with van der Waals surface area (Å²) in [6.45, 7) is 6.05. The molecule has 1 unspecified atom stereocenters. The smallest absolute Gasteiger partial charge is 0.347 e. The van der Waals surface area contributed by atoms with Gasteiger partial charge < -0.3 is 15.2 Å². The first-order valence-corrected chi connectivity index (χ1v) is 5.68. The van der Waals surface area contributed by atoms with Gasteiger partial charge in [-0.3, -0.25) is 0 Å². The molecule has 0 aliphatic carbocycles. The van der Waals surface area contributed by atoms with Crippen LogP contribution in [0.2, 0.25) is 0 Å². The minimum Gasteiger partial charge on any atom is -0.479 e. The largest absolute Gasteiger partial charge is 0.479 e. The number of carbonyl (C=O) groups is 1. The first kappa shape index (κ1) is 13.4. The molecule has 0 saturated heterocycles. The Kier molecular flexibility index (Phi) is 4.82. The molecule has 4 nitrogen and oxygen atoms in total. The highest BCUT2D eigenvalue weighted by Gasteiger charge is 2.16. The maximum atomic E-state index is 11.5. The zero-order chi connectivity index (χ0) is 12.8. The van der Waals surface area contributed by atoms with Crippen molar-refractivity contribution >= 4 is 11.7 Å². The van der Waals surface area contributed by atoms with E-state index in [0.29, 0.717) is 24.0 Å². The molecule has 94 valence electrons. The predicted octanol–water partition coefficient (Wildman–Crippen LogP) is 2.24. The average molecular weight is 237 g/mol. The lowest BCUT2D eigenvalue weighted by atomic mass is 10.2. The standard InChI is InChI=1S/C13H19NO3/c1-9(2)8-16-13(15)10(3)17-12-6-4-11(14)5-7-12/h4-7,9-10H,8,14H2,1-3H3. The van der Waals surface area contributed by atoms with Gasteiger partial charge in [-0.05, 0) is 37.1 Å². The Bertz CT molecular complexity index is 359. The van der Waals surface area contributed by atoms with Crippen molar-refractivity contribution in [2.75, 3.05) is 12.3 Å². The topological polar surface area (TPSA) is 61.5 Å². The molecule has 0 spiro atoms. The van der Waals surface area contributed by atoms with Crippen molar-refractivity contribution in [1.82, 2.24) is 0 Å². The van der Waals surface area contributed by atoms with Crippen molar-refractivity contribution in [3.8, 4) is 5.75 Å². The van der Waals surface area contributed by atoms with Crippen LogP contribution in [0.5, 0.6) is 5.75 Å². The van der Waals surface area contributed by atoms with Crippen LogP contribution >= 0.6 is 0 Å². The first-order chi connectivity index (χ1) is 7.99. The number of nitrogens with two attached hydrogens (primary N) is 1. The summed E-state index contributed by atoms with van der Waals surface area (Å²) in [5.41, 5.74) is 6.21. The molecule has 1 rings (SSSR count). The highest BCUT2D eigenvalue weighted by atomic mass is 16.6. The lowest BCUT2D eigenvalue weighted by Crippen LogP contribution is -2.27. The van der Waals surface area contributed by atoms with Crippen LogP contribution in [0.1, 0.15) is 20.8 Å². The summed E-state index contributed by atoms with van der Waals surface area (Å²) in [5, 5.41) is 0. The van der Waals surface area contributed by atoms with Crippen LogP contribution < -0.4 is 10.5 Å². The van der Waals surface area contributed by atoms with Crippen molar-refractivity contribution < 1.29 is 14.3 Å². The van der Waals surface area contributed by atoms with E-state index < -0.39 is 6.10 Å². The molecule has 17 heavy (non-hydrogen) atoms. The quantitative estimate of drug-likeness (QED) is 0.630. The van der Waals surface area contributed by atoms with E-state index in [-0.39, 0.29) is 5.97 Å². The van der Waals surface area contributed by atoms with Gasteiger partial charge in [0.25, 0.3) is 0 Å². The van der Waals surface area contributed by atoms with Crippen molar-refractivity contribution in [2.24, 2.45) is 5.92 Å². The number of carbonyl (C=O) groups excluding carboxylic acids is 1. The third-order valence-corrected chi connectivity index (χ3v) is 2.08. The molecule has 0 radical (unpaired) electrons. The van der Waals surface area contributed by atoms with Crippen molar-refractivity contribution in [1.29, 1.82) is 0 Å². The number of benzene rings is 1.